The molecule has 0 saturated heterocycles. The van der Waals surface area contributed by atoms with Crippen LogP contribution in [0.1, 0.15) is 11.1 Å². The zero-order valence-corrected chi connectivity index (χ0v) is 11.7. The van der Waals surface area contributed by atoms with Crippen LogP contribution in [-0.2, 0) is 16.6 Å². The molecule has 0 atom stereocenters. The first-order chi connectivity index (χ1) is 9.53. The predicted molar refractivity (Wildman–Crippen MR) is 75.0 cm³/mol. The van der Waals surface area contributed by atoms with Gasteiger partial charge in [0.05, 0.1) is 12.4 Å². The van der Waals surface area contributed by atoms with Crippen molar-refractivity contribution in [2.24, 2.45) is 5.84 Å². The Labute approximate surface area is 117 Å². The normalized spacial score (nSPS) is 11.3. The van der Waals surface area contributed by atoms with Gasteiger partial charge in [0, 0.05) is 6.54 Å². The second-order valence-electron chi connectivity index (χ2n) is 4.14. The highest BCUT2D eigenvalue weighted by molar-refractivity contribution is 7.89. The highest BCUT2D eigenvalue weighted by Gasteiger charge is 2.15. The van der Waals surface area contributed by atoms with Gasteiger partial charge in [-0.15, -0.1) is 0 Å². The van der Waals surface area contributed by atoms with E-state index in [0.29, 0.717) is 0 Å². The number of hydrogen-bond acceptors (Lipinski definition) is 6. The number of rotatable bonds is 5. The van der Waals surface area contributed by atoms with Gasteiger partial charge in [-0.2, -0.15) is 0 Å². The van der Waals surface area contributed by atoms with Gasteiger partial charge >= 0.3 is 0 Å². The van der Waals surface area contributed by atoms with E-state index in [1.807, 2.05) is 31.2 Å². The van der Waals surface area contributed by atoms with Crippen LogP contribution in [0.25, 0.3) is 0 Å². The third-order valence-electron chi connectivity index (χ3n) is 2.78. The molecule has 0 fully saturated rings. The number of nitrogens with two attached hydrogens (primary N) is 1. The average Bonchev–Trinajstić information content (AvgIpc) is 2.46. The summed E-state index contributed by atoms with van der Waals surface area (Å²) in [6, 6.07) is 7.56. The molecule has 0 spiro atoms. The van der Waals surface area contributed by atoms with E-state index in [9.17, 15) is 8.42 Å². The summed E-state index contributed by atoms with van der Waals surface area (Å²) in [5.41, 5.74) is 4.17. The molecule has 0 aliphatic heterocycles. The summed E-state index contributed by atoms with van der Waals surface area (Å²) in [7, 11) is -3.64. The van der Waals surface area contributed by atoms with Crippen molar-refractivity contribution in [2.75, 3.05) is 5.43 Å². The number of nitrogens with zero attached hydrogens (tertiary/aromatic N) is 2. The van der Waals surface area contributed by atoms with Gasteiger partial charge in [0.1, 0.15) is 4.90 Å². The van der Waals surface area contributed by atoms with Crippen molar-refractivity contribution in [2.45, 2.75) is 18.4 Å². The van der Waals surface area contributed by atoms with E-state index in [1.165, 1.54) is 12.4 Å². The molecule has 0 amide bonds. The van der Waals surface area contributed by atoms with Crippen LogP contribution >= 0.6 is 0 Å². The number of hydrogen-bond donors (Lipinski definition) is 3. The largest absolute Gasteiger partial charge is 0.292 e. The molecule has 0 unspecified atom stereocenters. The standard InChI is InChI=1S/C12H15N5O2S/c1-9-4-2-3-5-10(9)6-16-20(18,19)11-7-14-12(17-13)15-8-11/h2-5,7-8,16H,6,13H2,1H3,(H,14,15,17). The van der Waals surface area contributed by atoms with E-state index in [2.05, 4.69) is 20.1 Å². The molecular weight excluding hydrogens is 278 g/mol. The van der Waals surface area contributed by atoms with E-state index < -0.39 is 10.0 Å². The van der Waals surface area contributed by atoms with Gasteiger partial charge in [-0.05, 0) is 18.1 Å². The number of sulfonamides is 1. The molecule has 1 aromatic carbocycles. The Morgan fingerprint density at radius 3 is 2.45 bits per heavy atom. The minimum Gasteiger partial charge on any atom is -0.292 e. The summed E-state index contributed by atoms with van der Waals surface area (Å²) in [4.78, 5) is 7.53. The molecule has 0 aliphatic carbocycles. The molecule has 106 valence electrons. The lowest BCUT2D eigenvalue weighted by atomic mass is 10.1. The van der Waals surface area contributed by atoms with Crippen LogP contribution in [0, 0.1) is 6.92 Å². The lowest BCUT2D eigenvalue weighted by Crippen LogP contribution is -2.24. The van der Waals surface area contributed by atoms with Gasteiger partial charge in [0.15, 0.2) is 0 Å². The van der Waals surface area contributed by atoms with E-state index >= 15 is 0 Å². The number of hydrazine groups is 1. The van der Waals surface area contributed by atoms with Crippen LogP contribution in [0.15, 0.2) is 41.6 Å². The molecule has 7 nitrogen and oxygen atoms in total. The van der Waals surface area contributed by atoms with E-state index in [1.54, 1.807) is 0 Å². The topological polar surface area (TPSA) is 110 Å². The summed E-state index contributed by atoms with van der Waals surface area (Å²) in [5, 5.41) is 0. The molecule has 2 rings (SSSR count). The SMILES string of the molecule is Cc1ccccc1CNS(=O)(=O)c1cnc(NN)nc1. The Balaban J connectivity index is 2.13. The molecule has 20 heavy (non-hydrogen) atoms. The summed E-state index contributed by atoms with van der Waals surface area (Å²) in [6.45, 7) is 2.14. The van der Waals surface area contributed by atoms with Crippen molar-refractivity contribution in [3.63, 3.8) is 0 Å². The Hall–Kier alpha value is -2.03. The maximum Gasteiger partial charge on any atom is 0.243 e. The molecule has 4 N–H and O–H groups in total. The Morgan fingerprint density at radius 1 is 1.20 bits per heavy atom. The number of aromatic nitrogens is 2. The summed E-state index contributed by atoms with van der Waals surface area (Å²) >= 11 is 0. The maximum atomic E-state index is 12.1. The summed E-state index contributed by atoms with van der Waals surface area (Å²) in [6.07, 6.45) is 2.39. The molecule has 1 aromatic heterocycles. The van der Waals surface area contributed by atoms with Gasteiger partial charge in [0.2, 0.25) is 16.0 Å². The van der Waals surface area contributed by atoms with Crippen molar-refractivity contribution in [1.29, 1.82) is 0 Å². The Morgan fingerprint density at radius 2 is 1.85 bits per heavy atom. The molecule has 0 aliphatic rings. The zero-order valence-electron chi connectivity index (χ0n) is 10.9. The summed E-state index contributed by atoms with van der Waals surface area (Å²) < 4.78 is 26.7. The first-order valence-electron chi connectivity index (χ1n) is 5.86. The van der Waals surface area contributed by atoms with Crippen molar-refractivity contribution in [3.05, 3.63) is 47.8 Å². The van der Waals surface area contributed by atoms with Crippen molar-refractivity contribution < 1.29 is 8.42 Å². The van der Waals surface area contributed by atoms with Gasteiger partial charge in [0.25, 0.3) is 0 Å². The smallest absolute Gasteiger partial charge is 0.243 e. The van der Waals surface area contributed by atoms with Crippen LogP contribution in [0.4, 0.5) is 5.95 Å². The zero-order chi connectivity index (χ0) is 14.6. The second kappa shape index (κ2) is 5.95. The van der Waals surface area contributed by atoms with Crippen LogP contribution in [0.3, 0.4) is 0 Å². The van der Waals surface area contributed by atoms with Crippen LogP contribution in [0.2, 0.25) is 0 Å². The highest BCUT2D eigenvalue weighted by atomic mass is 32.2. The van der Waals surface area contributed by atoms with Crippen LogP contribution < -0.4 is 16.0 Å². The lowest BCUT2D eigenvalue weighted by molar-refractivity contribution is 0.580. The average molecular weight is 293 g/mol. The Bertz CT molecular complexity index is 685. The number of anilines is 1. The van der Waals surface area contributed by atoms with Crippen LogP contribution in [-0.4, -0.2) is 18.4 Å². The quantitative estimate of drug-likeness (QED) is 0.548. The highest BCUT2D eigenvalue weighted by Crippen LogP contribution is 2.10. The lowest BCUT2D eigenvalue weighted by Gasteiger charge is -2.08. The fraction of sp³-hybridized carbons (Fsp3) is 0.167. The van der Waals surface area contributed by atoms with Crippen molar-refractivity contribution >= 4 is 16.0 Å². The van der Waals surface area contributed by atoms with Gasteiger partial charge in [-0.25, -0.2) is 29.0 Å². The number of nitrogen functional groups attached to an aromatic ring is 1. The molecule has 2 aromatic rings. The van der Waals surface area contributed by atoms with Crippen molar-refractivity contribution in [3.8, 4) is 0 Å². The number of benzene rings is 1. The van der Waals surface area contributed by atoms with Crippen LogP contribution in [0.5, 0.6) is 0 Å². The van der Waals surface area contributed by atoms with Crippen molar-refractivity contribution in [1.82, 2.24) is 14.7 Å². The summed E-state index contributed by atoms with van der Waals surface area (Å²) in [5.74, 6) is 5.28. The fourth-order valence-corrected chi connectivity index (χ4v) is 2.49. The predicted octanol–water partition coefficient (Wildman–Crippen LogP) is 0.549. The molecule has 8 heteroatoms. The monoisotopic (exact) mass is 293 g/mol. The molecule has 0 radical (unpaired) electrons. The second-order valence-corrected chi connectivity index (χ2v) is 5.90. The molecule has 0 saturated carbocycles. The minimum atomic E-state index is -3.64. The molecular formula is C12H15N5O2S. The van der Waals surface area contributed by atoms with Gasteiger partial charge in [-0.3, -0.25) is 5.43 Å². The number of nitrogens with one attached hydrogen (secondary N) is 2. The number of aryl methyl sites for hydroxylation is 1. The third kappa shape index (κ3) is 3.29. The van der Waals surface area contributed by atoms with Gasteiger partial charge in [-0.1, -0.05) is 24.3 Å². The fourth-order valence-electron chi connectivity index (χ4n) is 1.59. The van der Waals surface area contributed by atoms with E-state index in [0.717, 1.165) is 11.1 Å². The minimum absolute atomic E-state index is 0.00918. The maximum absolute atomic E-state index is 12.1. The van der Waals surface area contributed by atoms with E-state index in [-0.39, 0.29) is 17.4 Å². The first kappa shape index (κ1) is 14.4. The first-order valence-corrected chi connectivity index (χ1v) is 7.34. The van der Waals surface area contributed by atoms with E-state index in [4.69, 9.17) is 5.84 Å². The molecule has 0 bridgehead atoms. The third-order valence-corrected chi connectivity index (χ3v) is 4.14. The van der Waals surface area contributed by atoms with Gasteiger partial charge < -0.3 is 0 Å². The molecule has 1 heterocycles. The Kier molecular flexibility index (Phi) is 4.28.